The van der Waals surface area contributed by atoms with Gasteiger partial charge in [0.15, 0.2) is 0 Å². The highest BCUT2D eigenvalue weighted by Crippen LogP contribution is 2.23. The molecule has 0 fully saturated rings. The van der Waals surface area contributed by atoms with Crippen LogP contribution in [0.25, 0.3) is 5.82 Å². The van der Waals surface area contributed by atoms with Gasteiger partial charge in [0, 0.05) is 29.8 Å². The number of hydrogen-bond donors (Lipinski definition) is 2. The third-order valence-electron chi connectivity index (χ3n) is 5.21. The summed E-state index contributed by atoms with van der Waals surface area (Å²) in [5.74, 6) is 0.497. The van der Waals surface area contributed by atoms with Gasteiger partial charge < -0.3 is 10.6 Å². The third kappa shape index (κ3) is 4.11. The number of hydrogen-bond acceptors (Lipinski definition) is 7. The number of carbonyl (C=O) groups is 3. The topological polar surface area (TPSA) is 122 Å². The van der Waals surface area contributed by atoms with E-state index < -0.39 is 17.7 Å². The Morgan fingerprint density at radius 1 is 0.941 bits per heavy atom. The zero-order chi connectivity index (χ0) is 23.7. The second-order valence-corrected chi connectivity index (χ2v) is 7.62. The van der Waals surface area contributed by atoms with Gasteiger partial charge in [-0.25, -0.2) is 15.0 Å². The second-order valence-electron chi connectivity index (χ2n) is 7.62. The number of rotatable bonds is 6. The molecular weight excluding hydrogens is 434 g/mol. The number of aryl methyl sites for hydroxylation is 1. The molecule has 10 nitrogen and oxygen atoms in total. The second kappa shape index (κ2) is 8.58. The van der Waals surface area contributed by atoms with Gasteiger partial charge in [0.1, 0.15) is 30.3 Å². The molecule has 10 heteroatoms. The van der Waals surface area contributed by atoms with Crippen molar-refractivity contribution in [2.45, 2.75) is 6.92 Å². The van der Waals surface area contributed by atoms with E-state index in [1.54, 1.807) is 84.8 Å². The van der Waals surface area contributed by atoms with Gasteiger partial charge in [-0.1, -0.05) is 12.1 Å². The lowest BCUT2D eigenvalue weighted by Crippen LogP contribution is -2.37. The molecule has 168 valence electrons. The van der Waals surface area contributed by atoms with Crippen LogP contribution in [0.4, 0.5) is 17.2 Å². The number of carbonyl (C=O) groups excluding carboxylic acids is 3. The summed E-state index contributed by atoms with van der Waals surface area (Å²) in [7, 11) is 0. The monoisotopic (exact) mass is 453 g/mol. The predicted molar refractivity (Wildman–Crippen MR) is 124 cm³/mol. The molecule has 3 heterocycles. The smallest absolute Gasteiger partial charge is 0.262 e. The Balaban J connectivity index is 1.23. The van der Waals surface area contributed by atoms with Crippen molar-refractivity contribution in [1.82, 2.24) is 24.4 Å². The fourth-order valence-corrected chi connectivity index (χ4v) is 3.65. The molecule has 0 atom stereocenters. The molecule has 2 N–H and O–H groups in total. The first kappa shape index (κ1) is 21.0. The number of nitrogens with zero attached hydrogens (tertiary/aromatic N) is 5. The fourth-order valence-electron chi connectivity index (χ4n) is 3.65. The maximum Gasteiger partial charge on any atom is 0.262 e. The minimum Gasteiger partial charge on any atom is -0.340 e. The van der Waals surface area contributed by atoms with Crippen molar-refractivity contribution in [3.05, 3.63) is 90.3 Å². The molecule has 0 saturated heterocycles. The van der Waals surface area contributed by atoms with Gasteiger partial charge in [-0.05, 0) is 43.3 Å². The molecule has 0 radical (unpaired) electrons. The summed E-state index contributed by atoms with van der Waals surface area (Å²) in [5, 5.41) is 5.93. The van der Waals surface area contributed by atoms with Gasteiger partial charge in [0.05, 0.1) is 11.1 Å². The molecule has 0 saturated carbocycles. The van der Waals surface area contributed by atoms with Crippen LogP contribution in [0, 0.1) is 6.92 Å². The Labute approximate surface area is 194 Å². The van der Waals surface area contributed by atoms with Crippen LogP contribution in [0.3, 0.4) is 0 Å². The van der Waals surface area contributed by atoms with Crippen LogP contribution in [0.1, 0.15) is 26.5 Å². The van der Waals surface area contributed by atoms with Gasteiger partial charge in [-0.2, -0.15) is 0 Å². The summed E-state index contributed by atoms with van der Waals surface area (Å²) in [6.45, 7) is 1.45. The first-order valence-corrected chi connectivity index (χ1v) is 10.4. The van der Waals surface area contributed by atoms with E-state index in [1.165, 1.54) is 0 Å². The Bertz CT molecular complexity index is 1360. The van der Waals surface area contributed by atoms with E-state index in [2.05, 4.69) is 25.6 Å². The predicted octanol–water partition coefficient (Wildman–Crippen LogP) is 2.95. The van der Waals surface area contributed by atoms with Crippen LogP contribution in [0.5, 0.6) is 0 Å². The average Bonchev–Trinajstić information content (AvgIpc) is 3.45. The van der Waals surface area contributed by atoms with E-state index >= 15 is 0 Å². The van der Waals surface area contributed by atoms with Crippen LogP contribution in [-0.4, -0.2) is 48.7 Å². The highest BCUT2D eigenvalue weighted by molar-refractivity contribution is 6.22. The number of nitrogens with one attached hydrogen (secondary N) is 2. The minimum absolute atomic E-state index is 0.312. The van der Waals surface area contributed by atoms with E-state index in [1.807, 2.05) is 0 Å². The van der Waals surface area contributed by atoms with Gasteiger partial charge in [0.2, 0.25) is 5.91 Å². The van der Waals surface area contributed by atoms with E-state index in [9.17, 15) is 14.4 Å². The Hall–Kier alpha value is -4.86. The lowest BCUT2D eigenvalue weighted by molar-refractivity contribution is -0.116. The van der Waals surface area contributed by atoms with Crippen molar-refractivity contribution in [1.29, 1.82) is 0 Å². The molecule has 0 unspecified atom stereocenters. The normalized spacial score (nSPS) is 12.6. The lowest BCUT2D eigenvalue weighted by atomic mass is 10.1. The standard InChI is InChI=1S/C24H19N7O3/c1-15-26-20(12-21(27-15)30-11-10-25-14-30)28-16-6-8-17(9-7-16)29-22(32)13-31-23(33)18-4-2-3-5-19(18)24(31)34/h2-12,14H,13H2,1H3,(H,29,32)(H,26,27,28). The molecule has 0 aliphatic carbocycles. The third-order valence-corrected chi connectivity index (χ3v) is 5.21. The molecule has 34 heavy (non-hydrogen) atoms. The molecule has 1 aliphatic rings. The first-order valence-electron chi connectivity index (χ1n) is 10.4. The van der Waals surface area contributed by atoms with Crippen LogP contribution in [0.2, 0.25) is 0 Å². The number of aromatic nitrogens is 4. The molecule has 0 bridgehead atoms. The van der Waals surface area contributed by atoms with Crippen molar-refractivity contribution in [2.24, 2.45) is 0 Å². The molecular formula is C24H19N7O3. The summed E-state index contributed by atoms with van der Waals surface area (Å²) >= 11 is 0. The number of benzene rings is 2. The zero-order valence-corrected chi connectivity index (χ0v) is 18.1. The molecule has 3 amide bonds. The zero-order valence-electron chi connectivity index (χ0n) is 18.1. The van der Waals surface area contributed by atoms with Gasteiger partial charge in [0.25, 0.3) is 11.8 Å². The van der Waals surface area contributed by atoms with Crippen LogP contribution in [0.15, 0.2) is 73.3 Å². The lowest BCUT2D eigenvalue weighted by Gasteiger charge is -2.14. The maximum atomic E-state index is 12.5. The van der Waals surface area contributed by atoms with Crippen molar-refractivity contribution in [3.8, 4) is 5.82 Å². The molecule has 0 spiro atoms. The summed E-state index contributed by atoms with van der Waals surface area (Å²) in [5.41, 5.74) is 1.91. The average molecular weight is 453 g/mol. The van der Waals surface area contributed by atoms with Crippen molar-refractivity contribution in [2.75, 3.05) is 17.2 Å². The Morgan fingerprint density at radius 2 is 1.62 bits per heavy atom. The largest absolute Gasteiger partial charge is 0.340 e. The van der Waals surface area contributed by atoms with Gasteiger partial charge in [-0.3, -0.25) is 23.9 Å². The van der Waals surface area contributed by atoms with E-state index in [0.29, 0.717) is 34.3 Å². The molecule has 5 rings (SSSR count). The number of imidazole rings is 1. The summed E-state index contributed by atoms with van der Waals surface area (Å²) in [4.78, 5) is 51.1. The summed E-state index contributed by atoms with van der Waals surface area (Å²) in [6, 6.07) is 15.3. The first-order chi connectivity index (χ1) is 16.5. The molecule has 2 aromatic carbocycles. The fraction of sp³-hybridized carbons (Fsp3) is 0.0833. The number of anilines is 3. The van der Waals surface area contributed by atoms with E-state index in [4.69, 9.17) is 0 Å². The van der Waals surface area contributed by atoms with Crippen LogP contribution < -0.4 is 10.6 Å². The summed E-state index contributed by atoms with van der Waals surface area (Å²) < 4.78 is 1.78. The van der Waals surface area contributed by atoms with Gasteiger partial charge in [-0.15, -0.1) is 0 Å². The molecule has 1 aliphatic heterocycles. The summed E-state index contributed by atoms with van der Waals surface area (Å²) in [6.07, 6.45) is 5.13. The highest BCUT2D eigenvalue weighted by Gasteiger charge is 2.36. The number of amides is 3. The number of fused-ring (bicyclic) bond motifs is 1. The van der Waals surface area contributed by atoms with Crippen molar-refractivity contribution < 1.29 is 14.4 Å². The Kier molecular flexibility index (Phi) is 5.30. The number of imide groups is 1. The highest BCUT2D eigenvalue weighted by atomic mass is 16.2. The van der Waals surface area contributed by atoms with E-state index in [0.717, 1.165) is 10.6 Å². The molecule has 2 aromatic heterocycles. The molecule has 4 aromatic rings. The van der Waals surface area contributed by atoms with Crippen LogP contribution >= 0.6 is 0 Å². The quantitative estimate of drug-likeness (QED) is 0.431. The van der Waals surface area contributed by atoms with E-state index in [-0.39, 0.29) is 6.54 Å². The van der Waals surface area contributed by atoms with Crippen molar-refractivity contribution in [3.63, 3.8) is 0 Å². The van der Waals surface area contributed by atoms with Crippen molar-refractivity contribution >= 4 is 34.9 Å². The SMILES string of the molecule is Cc1nc(Nc2ccc(NC(=O)CN3C(=O)c4ccccc4C3=O)cc2)cc(-n2ccnc2)n1. The van der Waals surface area contributed by atoms with Crippen LogP contribution in [-0.2, 0) is 4.79 Å². The minimum atomic E-state index is -0.467. The maximum absolute atomic E-state index is 12.5. The van der Waals surface area contributed by atoms with Gasteiger partial charge >= 0.3 is 0 Å². The Morgan fingerprint density at radius 3 is 2.26 bits per heavy atom.